The highest BCUT2D eigenvalue weighted by Crippen LogP contribution is 2.33. The van der Waals surface area contributed by atoms with Gasteiger partial charge in [-0.05, 0) is 56.1 Å². The van der Waals surface area contributed by atoms with Crippen molar-refractivity contribution in [1.29, 1.82) is 0 Å². The van der Waals surface area contributed by atoms with Crippen molar-refractivity contribution in [2.24, 2.45) is 5.92 Å². The number of nitrogens with one attached hydrogen (secondary N) is 2. The van der Waals surface area contributed by atoms with Crippen molar-refractivity contribution < 1.29 is 14.4 Å². The minimum atomic E-state index is -0.778. The molecule has 3 fully saturated rings. The minimum Gasteiger partial charge on any atom is -0.353 e. The van der Waals surface area contributed by atoms with Crippen molar-refractivity contribution in [3.8, 4) is 0 Å². The fourth-order valence-electron chi connectivity index (χ4n) is 4.95. The van der Waals surface area contributed by atoms with Crippen LogP contribution in [0.15, 0.2) is 17.5 Å². The van der Waals surface area contributed by atoms with Crippen LogP contribution in [0.3, 0.4) is 0 Å². The van der Waals surface area contributed by atoms with E-state index in [9.17, 15) is 14.4 Å². The molecule has 8 heteroatoms. The van der Waals surface area contributed by atoms with Gasteiger partial charge in [-0.1, -0.05) is 32.3 Å². The standard InChI is InChI=1S/C22H32N4O3S/c1-16-7-11-25(12-8-16)17(18-6-5-13-30-18)14-23-19(27)15-26-20(28)22(24-21(26)29)9-3-2-4-10-22/h5-6,13,16-17H,2-4,7-12,14-15H2,1H3,(H,23,27)(H,24,29). The van der Waals surface area contributed by atoms with E-state index in [1.165, 1.54) is 17.7 Å². The fourth-order valence-corrected chi connectivity index (χ4v) is 5.82. The Balaban J connectivity index is 1.36. The second-order valence-electron chi connectivity index (χ2n) is 9.02. The van der Waals surface area contributed by atoms with Gasteiger partial charge in [-0.3, -0.25) is 19.4 Å². The van der Waals surface area contributed by atoms with Crippen LogP contribution >= 0.6 is 11.3 Å². The number of rotatable bonds is 6. The molecule has 164 valence electrons. The van der Waals surface area contributed by atoms with E-state index in [-0.39, 0.29) is 24.4 Å². The summed E-state index contributed by atoms with van der Waals surface area (Å²) in [4.78, 5) is 42.7. The average molecular weight is 433 g/mol. The predicted molar refractivity (Wildman–Crippen MR) is 116 cm³/mol. The molecule has 4 amide bonds. The number of amides is 4. The first kappa shape index (κ1) is 21.3. The van der Waals surface area contributed by atoms with E-state index in [2.05, 4.69) is 33.9 Å². The molecule has 7 nitrogen and oxygen atoms in total. The van der Waals surface area contributed by atoms with Crippen LogP contribution in [0, 0.1) is 5.92 Å². The summed E-state index contributed by atoms with van der Waals surface area (Å²) in [6, 6.07) is 3.85. The molecule has 0 aromatic carbocycles. The van der Waals surface area contributed by atoms with Crippen molar-refractivity contribution >= 4 is 29.2 Å². The molecule has 2 N–H and O–H groups in total. The van der Waals surface area contributed by atoms with Gasteiger partial charge in [0.05, 0.1) is 6.04 Å². The first-order valence-corrected chi connectivity index (χ1v) is 12.0. The van der Waals surface area contributed by atoms with Crippen molar-refractivity contribution in [3.63, 3.8) is 0 Å². The van der Waals surface area contributed by atoms with E-state index < -0.39 is 11.6 Å². The van der Waals surface area contributed by atoms with Gasteiger partial charge >= 0.3 is 6.03 Å². The number of nitrogens with zero attached hydrogens (tertiary/aromatic N) is 2. The Bertz CT molecular complexity index is 767. The normalized spacial score (nSPS) is 23.6. The second kappa shape index (κ2) is 9.06. The summed E-state index contributed by atoms with van der Waals surface area (Å²) in [5.41, 5.74) is -0.778. The Morgan fingerprint density at radius 1 is 1.27 bits per heavy atom. The first-order valence-electron chi connectivity index (χ1n) is 11.2. The lowest BCUT2D eigenvalue weighted by Crippen LogP contribution is -2.49. The summed E-state index contributed by atoms with van der Waals surface area (Å²) in [5, 5.41) is 7.92. The highest BCUT2D eigenvalue weighted by molar-refractivity contribution is 7.10. The molecule has 1 saturated carbocycles. The number of piperidine rings is 1. The summed E-state index contributed by atoms with van der Waals surface area (Å²) in [5.74, 6) is 0.229. The maximum absolute atomic E-state index is 12.9. The van der Waals surface area contributed by atoms with E-state index in [0.717, 1.165) is 43.2 Å². The Labute approximate surface area is 182 Å². The van der Waals surface area contributed by atoms with E-state index in [1.54, 1.807) is 11.3 Å². The molecule has 4 rings (SSSR count). The average Bonchev–Trinajstić information content (AvgIpc) is 3.34. The van der Waals surface area contributed by atoms with Crippen molar-refractivity contribution in [1.82, 2.24) is 20.4 Å². The molecule has 1 aliphatic carbocycles. The number of carbonyl (C=O) groups is 3. The monoisotopic (exact) mass is 432 g/mol. The molecule has 1 spiro atoms. The molecule has 2 saturated heterocycles. The third-order valence-electron chi connectivity index (χ3n) is 6.88. The van der Waals surface area contributed by atoms with Crippen molar-refractivity contribution in [2.45, 2.75) is 63.5 Å². The number of carbonyl (C=O) groups excluding carboxylic acids is 3. The van der Waals surface area contributed by atoms with Crippen LogP contribution in [0.25, 0.3) is 0 Å². The van der Waals surface area contributed by atoms with E-state index in [1.807, 2.05) is 6.07 Å². The first-order chi connectivity index (χ1) is 14.5. The third kappa shape index (κ3) is 4.39. The number of hydrogen-bond acceptors (Lipinski definition) is 5. The molecule has 3 heterocycles. The zero-order valence-corrected chi connectivity index (χ0v) is 18.5. The number of likely N-dealkylation sites (tertiary alicyclic amines) is 1. The molecule has 2 aliphatic heterocycles. The SMILES string of the molecule is CC1CCN(C(CNC(=O)CN2C(=O)NC3(CCCCC3)C2=O)c2cccs2)CC1. The van der Waals surface area contributed by atoms with Gasteiger partial charge in [-0.15, -0.1) is 11.3 Å². The molecular weight excluding hydrogens is 400 g/mol. The molecule has 30 heavy (non-hydrogen) atoms. The summed E-state index contributed by atoms with van der Waals surface area (Å²) < 4.78 is 0. The number of thiophene rings is 1. The molecule has 0 bridgehead atoms. The summed E-state index contributed by atoms with van der Waals surface area (Å²) in [6.07, 6.45) is 6.63. The zero-order chi connectivity index (χ0) is 21.1. The smallest absolute Gasteiger partial charge is 0.325 e. The van der Waals surface area contributed by atoms with Crippen molar-refractivity contribution in [2.75, 3.05) is 26.2 Å². The van der Waals surface area contributed by atoms with E-state index >= 15 is 0 Å². The maximum atomic E-state index is 12.9. The highest BCUT2D eigenvalue weighted by Gasteiger charge is 2.51. The van der Waals surface area contributed by atoms with Gasteiger partial charge in [-0.25, -0.2) is 4.79 Å². The Hall–Kier alpha value is -1.93. The third-order valence-corrected chi connectivity index (χ3v) is 7.85. The Morgan fingerprint density at radius 2 is 2.00 bits per heavy atom. The van der Waals surface area contributed by atoms with Gasteiger partial charge in [-0.2, -0.15) is 0 Å². The van der Waals surface area contributed by atoms with Crippen molar-refractivity contribution in [3.05, 3.63) is 22.4 Å². The summed E-state index contributed by atoms with van der Waals surface area (Å²) in [7, 11) is 0. The van der Waals surface area contributed by atoms with E-state index in [4.69, 9.17) is 0 Å². The molecular formula is C22H32N4O3S. The minimum absolute atomic E-state index is 0.134. The van der Waals surface area contributed by atoms with Crippen LogP contribution in [0.4, 0.5) is 4.79 Å². The lowest BCUT2D eigenvalue weighted by Gasteiger charge is -2.36. The maximum Gasteiger partial charge on any atom is 0.325 e. The lowest BCUT2D eigenvalue weighted by atomic mass is 9.82. The van der Waals surface area contributed by atoms with Gasteiger partial charge < -0.3 is 10.6 Å². The predicted octanol–water partition coefficient (Wildman–Crippen LogP) is 2.89. The molecule has 3 aliphatic rings. The van der Waals surface area contributed by atoms with Crippen LogP contribution in [-0.2, 0) is 9.59 Å². The second-order valence-corrected chi connectivity index (χ2v) is 10.00. The highest BCUT2D eigenvalue weighted by atomic mass is 32.1. The molecule has 1 atom stereocenters. The largest absolute Gasteiger partial charge is 0.353 e. The van der Waals surface area contributed by atoms with Gasteiger partial charge in [0, 0.05) is 11.4 Å². The lowest BCUT2D eigenvalue weighted by molar-refractivity contribution is -0.135. The van der Waals surface area contributed by atoms with Gasteiger partial charge in [0.2, 0.25) is 5.91 Å². The summed E-state index contributed by atoms with van der Waals surface area (Å²) >= 11 is 1.70. The van der Waals surface area contributed by atoms with Crippen LogP contribution < -0.4 is 10.6 Å². The Morgan fingerprint density at radius 3 is 2.67 bits per heavy atom. The Kier molecular flexibility index (Phi) is 6.43. The number of imide groups is 1. The molecule has 0 radical (unpaired) electrons. The fraction of sp³-hybridized carbons (Fsp3) is 0.682. The molecule has 1 unspecified atom stereocenters. The van der Waals surface area contributed by atoms with Gasteiger partial charge in [0.25, 0.3) is 5.91 Å². The number of hydrogen-bond donors (Lipinski definition) is 2. The van der Waals surface area contributed by atoms with Crippen LogP contribution in [0.1, 0.15) is 62.8 Å². The van der Waals surface area contributed by atoms with E-state index in [0.29, 0.717) is 19.4 Å². The zero-order valence-electron chi connectivity index (χ0n) is 17.7. The van der Waals surface area contributed by atoms with Gasteiger partial charge in [0.1, 0.15) is 12.1 Å². The van der Waals surface area contributed by atoms with Gasteiger partial charge in [0.15, 0.2) is 0 Å². The number of urea groups is 1. The van der Waals surface area contributed by atoms with Crippen LogP contribution in [0.2, 0.25) is 0 Å². The van der Waals surface area contributed by atoms with Crippen LogP contribution in [-0.4, -0.2) is 59.4 Å². The van der Waals surface area contributed by atoms with Crippen LogP contribution in [0.5, 0.6) is 0 Å². The quantitative estimate of drug-likeness (QED) is 0.678. The molecule has 1 aromatic heterocycles. The molecule has 1 aromatic rings. The topological polar surface area (TPSA) is 81.8 Å². The summed E-state index contributed by atoms with van der Waals surface area (Å²) in [6.45, 7) is 4.61.